The lowest BCUT2D eigenvalue weighted by molar-refractivity contribution is -0.0493. The van der Waals surface area contributed by atoms with Crippen molar-refractivity contribution in [2.24, 2.45) is 0 Å². The van der Waals surface area contributed by atoms with Crippen LogP contribution in [0.2, 0.25) is 0 Å². The number of carbonyl (C=O) groups is 1. The first-order chi connectivity index (χ1) is 11.4. The number of rotatable bonds is 5. The first kappa shape index (κ1) is 17.2. The Morgan fingerprint density at radius 2 is 2.21 bits per heavy atom. The van der Waals surface area contributed by atoms with Crippen LogP contribution in [-0.4, -0.2) is 17.8 Å². The highest BCUT2D eigenvalue weighted by Gasteiger charge is 2.17. The van der Waals surface area contributed by atoms with Crippen molar-refractivity contribution in [1.82, 2.24) is 5.16 Å². The van der Waals surface area contributed by atoms with Gasteiger partial charge in [-0.3, -0.25) is 0 Å². The van der Waals surface area contributed by atoms with Crippen molar-refractivity contribution in [2.45, 2.75) is 26.9 Å². The fraction of sp³-hybridized carbons (Fsp3) is 0.267. The van der Waals surface area contributed by atoms with Crippen LogP contribution < -0.4 is 15.4 Å². The minimum atomic E-state index is -3.06. The van der Waals surface area contributed by atoms with Crippen LogP contribution >= 0.6 is 0 Å². The van der Waals surface area contributed by atoms with Gasteiger partial charge in [0.2, 0.25) is 0 Å². The molecule has 0 fully saturated rings. The molecule has 0 spiro atoms. The normalized spacial score (nSPS) is 10.3. The Kier molecular flexibility index (Phi) is 5.31. The van der Waals surface area contributed by atoms with Crippen molar-refractivity contribution in [3.05, 3.63) is 35.2 Å². The van der Waals surface area contributed by atoms with Crippen LogP contribution in [0.1, 0.15) is 23.9 Å². The topological polar surface area (TPSA) is 100 Å². The van der Waals surface area contributed by atoms with Gasteiger partial charge in [-0.1, -0.05) is 12.1 Å². The quantitative estimate of drug-likeness (QED) is 0.868. The van der Waals surface area contributed by atoms with E-state index in [1.807, 2.05) is 13.0 Å². The van der Waals surface area contributed by atoms with Crippen molar-refractivity contribution in [2.75, 3.05) is 10.6 Å². The van der Waals surface area contributed by atoms with Crippen molar-refractivity contribution in [1.29, 1.82) is 5.26 Å². The van der Waals surface area contributed by atoms with Crippen LogP contribution in [-0.2, 0) is 6.42 Å². The lowest BCUT2D eigenvalue weighted by Gasteiger charge is -2.13. The van der Waals surface area contributed by atoms with Crippen LogP contribution in [0.4, 0.5) is 25.0 Å². The second-order valence-electron chi connectivity index (χ2n) is 4.70. The molecule has 0 atom stereocenters. The first-order valence-electron chi connectivity index (χ1n) is 6.96. The molecule has 2 N–H and O–H groups in total. The predicted molar refractivity (Wildman–Crippen MR) is 81.0 cm³/mol. The zero-order chi connectivity index (χ0) is 17.7. The lowest BCUT2D eigenvalue weighted by Crippen LogP contribution is -2.21. The van der Waals surface area contributed by atoms with E-state index in [-0.39, 0.29) is 17.0 Å². The molecule has 2 rings (SSSR count). The highest BCUT2D eigenvalue weighted by molar-refractivity contribution is 6.01. The number of urea groups is 1. The van der Waals surface area contributed by atoms with E-state index in [1.165, 1.54) is 18.2 Å². The Labute approximate surface area is 136 Å². The molecule has 0 radical (unpaired) electrons. The number of ether oxygens (including phenoxy) is 1. The summed E-state index contributed by atoms with van der Waals surface area (Å²) in [6.07, 6.45) is 0.514. The highest BCUT2D eigenvalue weighted by Crippen LogP contribution is 2.28. The van der Waals surface area contributed by atoms with Gasteiger partial charge in [0.05, 0.1) is 17.3 Å². The molecule has 0 saturated heterocycles. The molecule has 2 amide bonds. The molecule has 0 aliphatic rings. The van der Waals surface area contributed by atoms with Gasteiger partial charge in [-0.25, -0.2) is 4.79 Å². The fourth-order valence-corrected chi connectivity index (χ4v) is 1.98. The number of alkyl halides is 2. The predicted octanol–water partition coefficient (Wildman–Crippen LogP) is 3.66. The van der Waals surface area contributed by atoms with Crippen molar-refractivity contribution < 1.29 is 22.8 Å². The highest BCUT2D eigenvalue weighted by atomic mass is 19.3. The lowest BCUT2D eigenvalue weighted by atomic mass is 10.2. The van der Waals surface area contributed by atoms with Crippen molar-refractivity contribution in [3.8, 4) is 11.8 Å². The number of carbonyl (C=O) groups excluding carboxylic acids is 1. The largest absolute Gasteiger partial charge is 0.433 e. The number of anilines is 2. The zero-order valence-electron chi connectivity index (χ0n) is 12.9. The Bertz CT molecular complexity index is 784. The summed E-state index contributed by atoms with van der Waals surface area (Å²) in [7, 11) is 0. The summed E-state index contributed by atoms with van der Waals surface area (Å²) in [5.41, 5.74) is 1.01. The van der Waals surface area contributed by atoms with Crippen LogP contribution in [0.5, 0.6) is 5.75 Å². The van der Waals surface area contributed by atoms with E-state index >= 15 is 0 Å². The number of nitriles is 1. The minimum Gasteiger partial charge on any atom is -0.433 e. The molecule has 7 nitrogen and oxygen atoms in total. The van der Waals surface area contributed by atoms with E-state index in [1.54, 1.807) is 6.92 Å². The molecule has 2 aromatic rings. The molecule has 1 aromatic carbocycles. The van der Waals surface area contributed by atoms with Crippen LogP contribution in [0.3, 0.4) is 0 Å². The van der Waals surface area contributed by atoms with Gasteiger partial charge < -0.3 is 19.9 Å². The molecule has 1 heterocycles. The molecular formula is C15H14F2N4O3. The third-order valence-electron chi connectivity index (χ3n) is 3.07. The van der Waals surface area contributed by atoms with E-state index < -0.39 is 12.6 Å². The Morgan fingerprint density at radius 1 is 1.46 bits per heavy atom. The minimum absolute atomic E-state index is 0.0565. The van der Waals surface area contributed by atoms with E-state index in [2.05, 4.69) is 20.5 Å². The van der Waals surface area contributed by atoms with Gasteiger partial charge in [-0.15, -0.1) is 0 Å². The third-order valence-corrected chi connectivity index (χ3v) is 3.07. The molecule has 0 unspecified atom stereocenters. The summed E-state index contributed by atoms with van der Waals surface area (Å²) < 4.78 is 34.3. The molecule has 0 saturated carbocycles. The van der Waals surface area contributed by atoms with E-state index in [4.69, 9.17) is 9.78 Å². The van der Waals surface area contributed by atoms with Gasteiger partial charge in [0.15, 0.2) is 5.76 Å². The number of nitrogens with zero attached hydrogens (tertiary/aromatic N) is 2. The average molecular weight is 336 g/mol. The maximum absolute atomic E-state index is 12.4. The number of aromatic nitrogens is 1. The number of hydrogen-bond donors (Lipinski definition) is 2. The Balaban J connectivity index is 2.21. The van der Waals surface area contributed by atoms with Gasteiger partial charge in [0.1, 0.15) is 17.1 Å². The van der Waals surface area contributed by atoms with Gasteiger partial charge in [0.25, 0.3) is 0 Å². The summed E-state index contributed by atoms with van der Waals surface area (Å²) in [5.74, 6) is 0.231. The van der Waals surface area contributed by atoms with E-state index in [9.17, 15) is 13.6 Å². The molecule has 0 aliphatic heterocycles. The van der Waals surface area contributed by atoms with Gasteiger partial charge in [-0.2, -0.15) is 14.0 Å². The summed E-state index contributed by atoms with van der Waals surface area (Å²) in [4.78, 5) is 12.1. The molecular weight excluding hydrogens is 322 g/mol. The molecule has 0 bridgehead atoms. The fourth-order valence-electron chi connectivity index (χ4n) is 1.98. The van der Waals surface area contributed by atoms with Gasteiger partial charge in [0, 0.05) is 6.42 Å². The third kappa shape index (κ3) is 3.98. The number of benzene rings is 1. The first-order valence-corrected chi connectivity index (χ1v) is 6.96. The summed E-state index contributed by atoms with van der Waals surface area (Å²) >= 11 is 0. The molecule has 9 heteroatoms. The molecule has 0 aliphatic carbocycles. The van der Waals surface area contributed by atoms with Gasteiger partial charge in [-0.05, 0) is 25.1 Å². The number of halogens is 2. The second-order valence-corrected chi connectivity index (χ2v) is 4.70. The summed E-state index contributed by atoms with van der Waals surface area (Å²) in [5, 5.41) is 17.6. The monoisotopic (exact) mass is 336 g/mol. The number of aryl methyl sites for hydroxylation is 2. The molecule has 126 valence electrons. The van der Waals surface area contributed by atoms with Crippen LogP contribution in [0.25, 0.3) is 0 Å². The van der Waals surface area contributed by atoms with Crippen molar-refractivity contribution in [3.63, 3.8) is 0 Å². The smallest absolute Gasteiger partial charge is 0.387 e. The van der Waals surface area contributed by atoms with E-state index in [0.717, 1.165) is 0 Å². The Morgan fingerprint density at radius 3 is 2.83 bits per heavy atom. The summed E-state index contributed by atoms with van der Waals surface area (Å²) in [6.45, 7) is 0.419. The maximum Gasteiger partial charge on any atom is 0.387 e. The zero-order valence-corrected chi connectivity index (χ0v) is 12.9. The number of hydrogen-bond acceptors (Lipinski definition) is 5. The molecule has 1 aromatic heterocycles. The SMILES string of the molecule is CCc1onc(C)c1NC(=O)Nc1cc(C#N)ccc1OC(F)F. The van der Waals surface area contributed by atoms with Crippen molar-refractivity contribution >= 4 is 17.4 Å². The standard InChI is InChI=1S/C15H14F2N4O3/c1-3-11-13(8(2)21-24-11)20-15(22)19-10-6-9(7-18)4-5-12(10)23-14(16)17/h4-6,14H,3H2,1-2H3,(H2,19,20,22). The Hall–Kier alpha value is -3.15. The number of amides is 2. The van der Waals surface area contributed by atoms with Gasteiger partial charge >= 0.3 is 12.6 Å². The average Bonchev–Trinajstić information content (AvgIpc) is 2.88. The maximum atomic E-state index is 12.4. The summed E-state index contributed by atoms with van der Waals surface area (Å²) in [6, 6.07) is 4.87. The van der Waals surface area contributed by atoms with Crippen LogP contribution in [0.15, 0.2) is 22.7 Å². The van der Waals surface area contributed by atoms with E-state index in [0.29, 0.717) is 23.6 Å². The molecule has 24 heavy (non-hydrogen) atoms. The number of nitrogens with one attached hydrogen (secondary N) is 2. The van der Waals surface area contributed by atoms with Crippen LogP contribution in [0, 0.1) is 18.3 Å². The second kappa shape index (κ2) is 7.41.